The summed E-state index contributed by atoms with van der Waals surface area (Å²) < 4.78 is -0.665. The van der Waals surface area contributed by atoms with Crippen LogP contribution in [-0.4, -0.2) is 75.4 Å². The van der Waals surface area contributed by atoms with Crippen molar-refractivity contribution in [3.05, 3.63) is 0 Å². The third kappa shape index (κ3) is 27.5. The summed E-state index contributed by atoms with van der Waals surface area (Å²) in [5.74, 6) is -0.375. The standard InChI is InChI=1S/C17H36.C7H13BrN2O2.2Na.2H/c1-3-5-7-9-11-13-15-17-16-14-12-10-8-6-4-2;1-3-7(8,4-2)5(11)10-6(9)12;;;;/h3-17H2,1-2H3;3-4H2,1-2H3,(H3,9,10,11,12);;;;. The van der Waals surface area contributed by atoms with Crippen LogP contribution in [0.2, 0.25) is 0 Å². The molecule has 3 N–H and O–H groups in total. The number of hydrogen-bond donors (Lipinski definition) is 2. The fourth-order valence-electron chi connectivity index (χ4n) is 3.24. The molecule has 0 aromatic rings. The molecule has 0 atom stereocenters. The molecule has 0 heterocycles. The van der Waals surface area contributed by atoms with E-state index in [-0.39, 0.29) is 65.0 Å². The van der Waals surface area contributed by atoms with Crippen molar-refractivity contribution >= 4 is 87.0 Å². The zero-order valence-corrected chi connectivity index (χ0v) is 21.4. The molecule has 0 rings (SSSR count). The third-order valence-electron chi connectivity index (χ3n) is 5.47. The Labute approximate surface area is 246 Å². The van der Waals surface area contributed by atoms with E-state index in [4.69, 9.17) is 5.73 Å². The van der Waals surface area contributed by atoms with Crippen LogP contribution in [0.3, 0.4) is 0 Å². The molecule has 0 aliphatic heterocycles. The Kier molecular flexibility index (Phi) is 37.6. The van der Waals surface area contributed by atoms with E-state index in [9.17, 15) is 9.59 Å². The Morgan fingerprint density at radius 3 is 1.10 bits per heavy atom. The van der Waals surface area contributed by atoms with Gasteiger partial charge in [0.2, 0.25) is 5.91 Å². The molecule has 0 spiro atoms. The molecule has 0 saturated heterocycles. The van der Waals surface area contributed by atoms with E-state index in [1.54, 1.807) is 0 Å². The maximum absolute atomic E-state index is 11.3. The van der Waals surface area contributed by atoms with Gasteiger partial charge in [-0.1, -0.05) is 140 Å². The number of unbranched alkanes of at least 4 members (excludes halogenated alkanes) is 14. The van der Waals surface area contributed by atoms with Crippen molar-refractivity contribution in [3.63, 3.8) is 0 Å². The Bertz CT molecular complexity index is 382. The monoisotopic (exact) mass is 524 g/mol. The average molecular weight is 526 g/mol. The summed E-state index contributed by atoms with van der Waals surface area (Å²) >= 11 is 3.26. The summed E-state index contributed by atoms with van der Waals surface area (Å²) in [5, 5.41) is 2.04. The number of alkyl halides is 1. The first kappa shape index (κ1) is 39.6. The van der Waals surface area contributed by atoms with Gasteiger partial charge in [0, 0.05) is 0 Å². The average Bonchev–Trinajstić information content (AvgIpc) is 2.70. The van der Waals surface area contributed by atoms with Crippen molar-refractivity contribution in [2.75, 3.05) is 0 Å². The van der Waals surface area contributed by atoms with Gasteiger partial charge >= 0.3 is 65.1 Å². The van der Waals surface area contributed by atoms with Crippen LogP contribution in [0.15, 0.2) is 0 Å². The molecular weight excluding hydrogens is 474 g/mol. The van der Waals surface area contributed by atoms with Crippen LogP contribution < -0.4 is 11.1 Å². The molecule has 178 valence electrons. The van der Waals surface area contributed by atoms with Crippen molar-refractivity contribution in [1.29, 1.82) is 0 Å². The Hall–Kier alpha value is 1.42. The van der Waals surface area contributed by atoms with Gasteiger partial charge in [-0.05, 0) is 12.8 Å². The van der Waals surface area contributed by atoms with E-state index in [2.05, 4.69) is 29.8 Å². The second-order valence-corrected chi connectivity index (χ2v) is 9.60. The first-order valence-electron chi connectivity index (χ1n) is 12.2. The van der Waals surface area contributed by atoms with Gasteiger partial charge in [-0.2, -0.15) is 0 Å². The number of halogens is 1. The zero-order chi connectivity index (χ0) is 22.4. The van der Waals surface area contributed by atoms with Gasteiger partial charge in [0.05, 0.1) is 0 Å². The Morgan fingerprint density at radius 1 is 0.645 bits per heavy atom. The summed E-state index contributed by atoms with van der Waals surface area (Å²) in [6, 6.07) is -0.814. The molecule has 3 amide bonds. The number of rotatable bonds is 17. The summed E-state index contributed by atoms with van der Waals surface area (Å²) in [6.07, 6.45) is 23.1. The SMILES string of the molecule is CCC(Br)(CC)C(=O)NC(N)=O.CCCCCCCCCCCCCCCCC.[NaH].[NaH]. The van der Waals surface area contributed by atoms with E-state index in [0.29, 0.717) is 12.8 Å². The normalized spacial score (nSPS) is 10.2. The van der Waals surface area contributed by atoms with Gasteiger partial charge in [-0.15, -0.1) is 0 Å². The van der Waals surface area contributed by atoms with Crippen molar-refractivity contribution in [2.45, 2.75) is 141 Å². The van der Waals surface area contributed by atoms with Gasteiger partial charge in [-0.25, -0.2) is 4.79 Å². The second-order valence-electron chi connectivity index (χ2n) is 8.09. The Morgan fingerprint density at radius 2 is 0.903 bits per heavy atom. The van der Waals surface area contributed by atoms with Crippen LogP contribution in [0.5, 0.6) is 0 Å². The van der Waals surface area contributed by atoms with Gasteiger partial charge in [-0.3, -0.25) is 10.1 Å². The molecule has 4 nitrogen and oxygen atoms in total. The molecule has 0 unspecified atom stereocenters. The fraction of sp³-hybridized carbons (Fsp3) is 0.917. The van der Waals surface area contributed by atoms with E-state index in [1.165, 1.54) is 96.3 Å². The number of nitrogens with two attached hydrogens (primary N) is 1. The number of hydrogen-bond acceptors (Lipinski definition) is 2. The topological polar surface area (TPSA) is 72.2 Å². The molecule has 0 radical (unpaired) electrons. The second kappa shape index (κ2) is 29.5. The van der Waals surface area contributed by atoms with Crippen LogP contribution in [0.1, 0.15) is 137 Å². The predicted molar refractivity (Wildman–Crippen MR) is 145 cm³/mol. The van der Waals surface area contributed by atoms with Gasteiger partial charge in [0.1, 0.15) is 4.32 Å². The Balaban J connectivity index is -0.000000232. The van der Waals surface area contributed by atoms with Gasteiger partial charge in [0.25, 0.3) is 0 Å². The molecule has 31 heavy (non-hydrogen) atoms. The summed E-state index contributed by atoms with van der Waals surface area (Å²) in [5.41, 5.74) is 4.81. The quantitative estimate of drug-likeness (QED) is 0.126. The van der Waals surface area contributed by atoms with Crippen molar-refractivity contribution in [3.8, 4) is 0 Å². The number of carbonyl (C=O) groups is 2. The minimum absolute atomic E-state index is 0. The van der Waals surface area contributed by atoms with Crippen LogP contribution in [0, 0.1) is 0 Å². The van der Waals surface area contributed by atoms with Crippen LogP contribution in [0.25, 0.3) is 0 Å². The van der Waals surface area contributed by atoms with E-state index < -0.39 is 10.4 Å². The molecule has 0 aromatic carbocycles. The number of imide groups is 1. The van der Waals surface area contributed by atoms with Crippen LogP contribution in [0.4, 0.5) is 4.79 Å². The number of amides is 3. The first-order valence-corrected chi connectivity index (χ1v) is 13.0. The summed E-state index contributed by atoms with van der Waals surface area (Å²) in [4.78, 5) is 21.6. The summed E-state index contributed by atoms with van der Waals surface area (Å²) in [7, 11) is 0. The molecule has 0 aromatic heterocycles. The van der Waals surface area contributed by atoms with Crippen LogP contribution >= 0.6 is 15.9 Å². The summed E-state index contributed by atoms with van der Waals surface area (Å²) in [6.45, 7) is 8.30. The minimum atomic E-state index is -0.814. The molecule has 0 saturated carbocycles. The third-order valence-corrected chi connectivity index (χ3v) is 6.95. The molecule has 0 aliphatic rings. The van der Waals surface area contributed by atoms with Gasteiger partial charge < -0.3 is 5.73 Å². The molecule has 7 heteroatoms. The molecule has 0 fully saturated rings. The number of carbonyl (C=O) groups excluding carboxylic acids is 2. The van der Waals surface area contributed by atoms with E-state index in [1.807, 2.05) is 19.2 Å². The number of primary amides is 1. The first-order chi connectivity index (χ1) is 13.9. The fourth-order valence-corrected chi connectivity index (χ4v) is 3.34. The van der Waals surface area contributed by atoms with Crippen molar-refractivity contribution in [2.24, 2.45) is 5.73 Å². The molecule has 0 bridgehead atoms. The predicted octanol–water partition coefficient (Wildman–Crippen LogP) is 6.72. The van der Waals surface area contributed by atoms with Crippen molar-refractivity contribution in [1.82, 2.24) is 5.32 Å². The molecular formula is C24H51BrN2Na2O2. The van der Waals surface area contributed by atoms with E-state index in [0.717, 1.165) is 0 Å². The number of urea groups is 1. The molecule has 0 aliphatic carbocycles. The van der Waals surface area contributed by atoms with Crippen LogP contribution in [-0.2, 0) is 4.79 Å². The van der Waals surface area contributed by atoms with E-state index >= 15 is 0 Å². The van der Waals surface area contributed by atoms with Crippen molar-refractivity contribution < 1.29 is 9.59 Å². The zero-order valence-electron chi connectivity index (χ0n) is 19.8. The number of nitrogens with one attached hydrogen (secondary N) is 1. The maximum atomic E-state index is 11.3. The van der Waals surface area contributed by atoms with Gasteiger partial charge in [0.15, 0.2) is 0 Å².